The Morgan fingerprint density at radius 2 is 2.24 bits per heavy atom. The molecule has 0 atom stereocenters. The van der Waals surface area contributed by atoms with Crippen molar-refractivity contribution in [2.24, 2.45) is 0 Å². The Labute approximate surface area is 114 Å². The van der Waals surface area contributed by atoms with Crippen molar-refractivity contribution in [1.82, 2.24) is 4.98 Å². The van der Waals surface area contributed by atoms with Gasteiger partial charge >= 0.3 is 0 Å². The first-order chi connectivity index (χ1) is 8.19. The van der Waals surface area contributed by atoms with Crippen molar-refractivity contribution < 1.29 is 4.74 Å². The summed E-state index contributed by atoms with van der Waals surface area (Å²) >= 11 is 5.16. The molecular weight excluding hydrogens is 298 g/mol. The largest absolute Gasteiger partial charge is 0.487 e. The summed E-state index contributed by atoms with van der Waals surface area (Å²) in [7, 11) is 0. The number of thiazole rings is 1. The molecule has 0 unspecified atom stereocenters. The fourth-order valence-corrected chi connectivity index (χ4v) is 2.42. The molecule has 0 fully saturated rings. The van der Waals surface area contributed by atoms with E-state index in [2.05, 4.69) is 40.1 Å². The lowest BCUT2D eigenvalue weighted by Crippen LogP contribution is -1.96. The maximum absolute atomic E-state index is 5.71. The van der Waals surface area contributed by atoms with Crippen LogP contribution in [0.5, 0.6) is 5.75 Å². The minimum Gasteiger partial charge on any atom is -0.487 e. The van der Waals surface area contributed by atoms with E-state index in [0.717, 1.165) is 27.3 Å². The van der Waals surface area contributed by atoms with Gasteiger partial charge in [-0.15, -0.1) is 11.3 Å². The monoisotopic (exact) mass is 311 g/mol. The molecule has 2 rings (SSSR count). The summed E-state index contributed by atoms with van der Waals surface area (Å²) in [5.74, 6) is 0.886. The fourth-order valence-electron chi connectivity index (χ4n) is 1.44. The Morgan fingerprint density at radius 3 is 2.88 bits per heavy atom. The Morgan fingerprint density at radius 1 is 1.41 bits per heavy atom. The Balaban J connectivity index is 1.99. The molecule has 17 heavy (non-hydrogen) atoms. The second kappa shape index (κ2) is 5.65. The molecule has 2 nitrogen and oxygen atoms in total. The molecule has 1 aromatic heterocycles. The van der Waals surface area contributed by atoms with Crippen LogP contribution in [0.4, 0.5) is 0 Å². The Kier molecular flexibility index (Phi) is 4.18. The number of hydrogen-bond acceptors (Lipinski definition) is 3. The smallest absolute Gasteiger partial charge is 0.131 e. The molecule has 0 bridgehead atoms. The van der Waals surface area contributed by atoms with Crippen molar-refractivity contribution in [3.8, 4) is 5.75 Å². The molecule has 0 saturated carbocycles. The number of rotatable bonds is 4. The van der Waals surface area contributed by atoms with E-state index in [0.29, 0.717) is 6.61 Å². The fraction of sp³-hybridized carbons (Fsp3) is 0.308. The topological polar surface area (TPSA) is 22.1 Å². The van der Waals surface area contributed by atoms with Gasteiger partial charge in [0.1, 0.15) is 12.4 Å². The van der Waals surface area contributed by atoms with Gasteiger partial charge in [-0.25, -0.2) is 4.98 Å². The third-order valence-electron chi connectivity index (χ3n) is 2.42. The van der Waals surface area contributed by atoms with E-state index in [9.17, 15) is 0 Å². The normalized spacial score (nSPS) is 10.5. The van der Waals surface area contributed by atoms with Gasteiger partial charge in [-0.3, -0.25) is 0 Å². The third kappa shape index (κ3) is 3.30. The van der Waals surface area contributed by atoms with Gasteiger partial charge in [0.05, 0.1) is 10.7 Å². The first-order valence-corrected chi connectivity index (χ1v) is 7.18. The lowest BCUT2D eigenvalue weighted by molar-refractivity contribution is 0.301. The molecule has 0 aliphatic rings. The zero-order chi connectivity index (χ0) is 12.3. The van der Waals surface area contributed by atoms with Crippen LogP contribution in [-0.4, -0.2) is 4.98 Å². The van der Waals surface area contributed by atoms with Crippen LogP contribution in [0.1, 0.15) is 23.2 Å². The van der Waals surface area contributed by atoms with Crippen molar-refractivity contribution in [3.63, 3.8) is 0 Å². The molecule has 0 N–H and O–H groups in total. The predicted octanol–water partition coefficient (Wildman–Crippen LogP) is 4.36. The molecule has 0 aliphatic carbocycles. The third-order valence-corrected chi connectivity index (χ3v) is 4.35. The molecular formula is C13H14BrNOS. The van der Waals surface area contributed by atoms with E-state index < -0.39 is 0 Å². The van der Waals surface area contributed by atoms with Crippen molar-refractivity contribution in [2.75, 3.05) is 0 Å². The number of hydrogen-bond donors (Lipinski definition) is 0. The highest BCUT2D eigenvalue weighted by Gasteiger charge is 2.02. The molecule has 1 aromatic carbocycles. The number of aromatic nitrogens is 1. The van der Waals surface area contributed by atoms with Gasteiger partial charge in [0, 0.05) is 9.85 Å². The van der Waals surface area contributed by atoms with Gasteiger partial charge in [0.15, 0.2) is 0 Å². The van der Waals surface area contributed by atoms with E-state index in [-0.39, 0.29) is 0 Å². The van der Waals surface area contributed by atoms with Gasteiger partial charge in [0.25, 0.3) is 0 Å². The van der Waals surface area contributed by atoms with Gasteiger partial charge in [-0.05, 0) is 37.1 Å². The lowest BCUT2D eigenvalue weighted by atomic mass is 10.2. The molecule has 0 amide bonds. The summed E-state index contributed by atoms with van der Waals surface area (Å²) in [6.07, 6.45) is 0.988. The van der Waals surface area contributed by atoms with Crippen LogP contribution in [-0.2, 0) is 13.0 Å². The van der Waals surface area contributed by atoms with Crippen LogP contribution in [0.15, 0.2) is 28.1 Å². The molecule has 0 saturated heterocycles. The quantitative estimate of drug-likeness (QED) is 0.837. The van der Waals surface area contributed by atoms with E-state index in [1.807, 2.05) is 18.2 Å². The van der Waals surface area contributed by atoms with Gasteiger partial charge in [0.2, 0.25) is 0 Å². The van der Waals surface area contributed by atoms with Gasteiger partial charge in [-0.1, -0.05) is 22.9 Å². The summed E-state index contributed by atoms with van der Waals surface area (Å²) in [4.78, 5) is 4.47. The average molecular weight is 312 g/mol. The summed E-state index contributed by atoms with van der Waals surface area (Å²) in [6, 6.07) is 5.99. The molecule has 4 heteroatoms. The summed E-state index contributed by atoms with van der Waals surface area (Å²) in [5.41, 5.74) is 2.18. The van der Waals surface area contributed by atoms with Crippen LogP contribution in [0, 0.1) is 6.92 Å². The van der Waals surface area contributed by atoms with Crippen LogP contribution in [0.25, 0.3) is 0 Å². The number of halogens is 1. The van der Waals surface area contributed by atoms with Crippen LogP contribution < -0.4 is 4.74 Å². The lowest BCUT2D eigenvalue weighted by Gasteiger charge is -2.06. The highest BCUT2D eigenvalue weighted by molar-refractivity contribution is 9.10. The van der Waals surface area contributed by atoms with E-state index in [4.69, 9.17) is 4.74 Å². The highest BCUT2D eigenvalue weighted by Crippen LogP contribution is 2.22. The predicted molar refractivity (Wildman–Crippen MR) is 74.7 cm³/mol. The van der Waals surface area contributed by atoms with Gasteiger partial charge < -0.3 is 4.74 Å². The second-order valence-corrected chi connectivity index (χ2v) is 5.58. The molecule has 1 heterocycles. The summed E-state index contributed by atoms with van der Waals surface area (Å²) in [5, 5.41) is 3.22. The molecule has 0 aliphatic heterocycles. The maximum atomic E-state index is 5.71. The molecule has 0 radical (unpaired) electrons. The molecule has 2 aromatic rings. The maximum Gasteiger partial charge on any atom is 0.131 e. The van der Waals surface area contributed by atoms with Crippen LogP contribution in [0.2, 0.25) is 0 Å². The van der Waals surface area contributed by atoms with Crippen molar-refractivity contribution >= 4 is 27.3 Å². The molecule has 0 spiro atoms. The minimum atomic E-state index is 0.539. The van der Waals surface area contributed by atoms with Crippen LogP contribution in [0.3, 0.4) is 0 Å². The highest BCUT2D eigenvalue weighted by atomic mass is 79.9. The van der Waals surface area contributed by atoms with Crippen molar-refractivity contribution in [3.05, 3.63) is 44.3 Å². The second-order valence-electron chi connectivity index (χ2n) is 3.79. The summed E-state index contributed by atoms with van der Waals surface area (Å²) in [6.45, 7) is 4.70. The molecule has 90 valence electrons. The summed E-state index contributed by atoms with van der Waals surface area (Å²) < 4.78 is 6.81. The Hall–Kier alpha value is -0.870. The van der Waals surface area contributed by atoms with Crippen LogP contribution >= 0.6 is 27.3 Å². The number of ether oxygens (including phenoxy) is 1. The van der Waals surface area contributed by atoms with E-state index >= 15 is 0 Å². The first-order valence-electron chi connectivity index (χ1n) is 5.51. The number of aryl methyl sites for hydroxylation is 2. The SMILES string of the molecule is CCc1nc(COc2ccc(Br)c(C)c2)cs1. The standard InChI is InChI=1S/C13H14BrNOS/c1-3-13-15-10(8-17-13)7-16-11-4-5-12(14)9(2)6-11/h4-6,8H,3,7H2,1-2H3. The zero-order valence-electron chi connectivity index (χ0n) is 9.87. The Bertz CT molecular complexity index is 510. The zero-order valence-corrected chi connectivity index (χ0v) is 12.3. The number of nitrogens with zero attached hydrogens (tertiary/aromatic N) is 1. The van der Waals surface area contributed by atoms with E-state index in [1.165, 1.54) is 5.56 Å². The number of benzene rings is 1. The van der Waals surface area contributed by atoms with Crippen molar-refractivity contribution in [1.29, 1.82) is 0 Å². The van der Waals surface area contributed by atoms with Crippen molar-refractivity contribution in [2.45, 2.75) is 26.9 Å². The van der Waals surface area contributed by atoms with Gasteiger partial charge in [-0.2, -0.15) is 0 Å². The first kappa shape index (κ1) is 12.6. The van der Waals surface area contributed by atoms with E-state index in [1.54, 1.807) is 11.3 Å². The average Bonchev–Trinajstić information content (AvgIpc) is 2.79. The minimum absolute atomic E-state index is 0.539.